The van der Waals surface area contributed by atoms with E-state index in [1.807, 2.05) is 26.8 Å². The van der Waals surface area contributed by atoms with Gasteiger partial charge in [-0.2, -0.15) is 5.26 Å². The second-order valence-electron chi connectivity index (χ2n) is 7.60. The van der Waals surface area contributed by atoms with Gasteiger partial charge in [0.05, 0.1) is 11.0 Å². The summed E-state index contributed by atoms with van der Waals surface area (Å²) in [4.78, 5) is 18.8. The van der Waals surface area contributed by atoms with Gasteiger partial charge in [-0.25, -0.2) is 4.98 Å². The number of nitriles is 1. The maximum Gasteiger partial charge on any atom is 0.312 e. The van der Waals surface area contributed by atoms with E-state index in [1.165, 1.54) is 0 Å². The summed E-state index contributed by atoms with van der Waals surface area (Å²) in [6, 6.07) is 6.55. The van der Waals surface area contributed by atoms with Crippen molar-refractivity contribution in [1.29, 1.82) is 5.26 Å². The maximum absolute atomic E-state index is 12.1. The Morgan fingerprint density at radius 2 is 2.12 bits per heavy atom. The van der Waals surface area contributed by atoms with Gasteiger partial charge in [0.25, 0.3) is 0 Å². The summed E-state index contributed by atoms with van der Waals surface area (Å²) in [7, 11) is 0. The Morgan fingerprint density at radius 1 is 1.38 bits per heavy atom. The van der Waals surface area contributed by atoms with Gasteiger partial charge < -0.3 is 9.64 Å². The first-order valence-electron chi connectivity index (χ1n) is 8.47. The number of ether oxygens (including phenoxy) is 1. The summed E-state index contributed by atoms with van der Waals surface area (Å²) in [5, 5.41) is 12.2. The zero-order valence-electron chi connectivity index (χ0n) is 14.5. The van der Waals surface area contributed by atoms with Crippen LogP contribution < -0.4 is 10.2 Å². The molecule has 0 aromatic carbocycles. The SMILES string of the molecule is CC(C)(C)C(=O)OC1C[C@@H](N(c2ccc(C#N)cn2)C2CC2)CN1. The lowest BCUT2D eigenvalue weighted by molar-refractivity contribution is -0.159. The van der Waals surface area contributed by atoms with Crippen molar-refractivity contribution in [2.75, 3.05) is 11.4 Å². The van der Waals surface area contributed by atoms with Crippen LogP contribution in [0.1, 0.15) is 45.6 Å². The zero-order chi connectivity index (χ0) is 17.3. The van der Waals surface area contributed by atoms with Crippen molar-refractivity contribution < 1.29 is 9.53 Å². The molecule has 1 N–H and O–H groups in total. The van der Waals surface area contributed by atoms with E-state index in [-0.39, 0.29) is 18.2 Å². The highest BCUT2D eigenvalue weighted by Gasteiger charge is 2.40. The molecule has 1 saturated carbocycles. The minimum atomic E-state index is -0.495. The highest BCUT2D eigenvalue weighted by Crippen LogP contribution is 2.35. The second-order valence-corrected chi connectivity index (χ2v) is 7.60. The number of hydrogen-bond donors (Lipinski definition) is 1. The van der Waals surface area contributed by atoms with Gasteiger partial charge in [-0.1, -0.05) is 0 Å². The van der Waals surface area contributed by atoms with Crippen molar-refractivity contribution in [3.05, 3.63) is 23.9 Å². The van der Waals surface area contributed by atoms with Crippen LogP contribution in [0.15, 0.2) is 18.3 Å². The molecule has 3 rings (SSSR count). The highest BCUT2D eigenvalue weighted by atomic mass is 16.6. The molecule has 2 heterocycles. The number of rotatable bonds is 4. The molecule has 2 aliphatic rings. The van der Waals surface area contributed by atoms with E-state index in [2.05, 4.69) is 21.3 Å². The van der Waals surface area contributed by atoms with Gasteiger partial charge in [0, 0.05) is 31.2 Å². The van der Waals surface area contributed by atoms with Crippen LogP contribution in [0.25, 0.3) is 0 Å². The normalized spacial score (nSPS) is 23.6. The zero-order valence-corrected chi connectivity index (χ0v) is 14.5. The van der Waals surface area contributed by atoms with Crippen LogP contribution >= 0.6 is 0 Å². The van der Waals surface area contributed by atoms with Crippen LogP contribution in [-0.4, -0.2) is 35.8 Å². The summed E-state index contributed by atoms with van der Waals surface area (Å²) < 4.78 is 5.59. The third kappa shape index (κ3) is 3.68. The molecule has 6 nitrogen and oxygen atoms in total. The molecular formula is C18H24N4O2. The van der Waals surface area contributed by atoms with Crippen molar-refractivity contribution in [2.24, 2.45) is 5.41 Å². The molecular weight excluding hydrogens is 304 g/mol. The minimum absolute atomic E-state index is 0.185. The number of nitrogens with one attached hydrogen (secondary N) is 1. The molecule has 1 aliphatic heterocycles. The molecule has 128 valence electrons. The number of nitrogens with zero attached hydrogens (tertiary/aromatic N) is 3. The number of carbonyl (C=O) groups excluding carboxylic acids is 1. The molecule has 1 unspecified atom stereocenters. The smallest absolute Gasteiger partial charge is 0.312 e. The van der Waals surface area contributed by atoms with Gasteiger partial charge in [0.1, 0.15) is 11.9 Å². The fourth-order valence-electron chi connectivity index (χ4n) is 2.92. The van der Waals surface area contributed by atoms with Crippen LogP contribution in [0.5, 0.6) is 0 Å². The average molecular weight is 328 g/mol. The van der Waals surface area contributed by atoms with Gasteiger partial charge >= 0.3 is 5.97 Å². The van der Waals surface area contributed by atoms with Gasteiger partial charge in [-0.15, -0.1) is 0 Å². The lowest BCUT2D eigenvalue weighted by atomic mass is 9.97. The van der Waals surface area contributed by atoms with Crippen LogP contribution in [0, 0.1) is 16.7 Å². The summed E-state index contributed by atoms with van der Waals surface area (Å²) in [5.41, 5.74) is 0.0704. The Morgan fingerprint density at radius 3 is 2.67 bits per heavy atom. The van der Waals surface area contributed by atoms with Crippen LogP contribution in [0.4, 0.5) is 5.82 Å². The van der Waals surface area contributed by atoms with Crippen LogP contribution in [0.3, 0.4) is 0 Å². The molecule has 1 aliphatic carbocycles. The first-order chi connectivity index (χ1) is 11.4. The van der Waals surface area contributed by atoms with Gasteiger partial charge in [-0.05, 0) is 45.7 Å². The van der Waals surface area contributed by atoms with Crippen LogP contribution in [0.2, 0.25) is 0 Å². The number of carbonyl (C=O) groups is 1. The van der Waals surface area contributed by atoms with Crippen molar-refractivity contribution in [3.63, 3.8) is 0 Å². The molecule has 1 saturated heterocycles. The molecule has 0 bridgehead atoms. The molecule has 2 fully saturated rings. The summed E-state index contributed by atoms with van der Waals surface area (Å²) in [5.74, 6) is 0.709. The first kappa shape index (κ1) is 16.7. The van der Waals surface area contributed by atoms with Gasteiger partial charge in [0.15, 0.2) is 6.23 Å². The molecule has 2 atom stereocenters. The predicted octanol–water partition coefficient (Wildman–Crippen LogP) is 2.20. The van der Waals surface area contributed by atoms with Crippen molar-refractivity contribution in [1.82, 2.24) is 10.3 Å². The Balaban J connectivity index is 1.67. The Bertz CT molecular complexity index is 640. The standard InChI is InChI=1S/C18H24N4O2/c1-18(2,3)17(23)24-16-8-14(11-21-16)22(13-5-6-13)15-7-4-12(9-19)10-20-15/h4,7,10,13-14,16,21H,5-6,8,11H2,1-3H3/t14-,16?/m1/s1. The summed E-state index contributed by atoms with van der Waals surface area (Å²) in [6.07, 6.45) is 4.43. The largest absolute Gasteiger partial charge is 0.446 e. The summed E-state index contributed by atoms with van der Waals surface area (Å²) >= 11 is 0. The number of esters is 1. The van der Waals surface area contributed by atoms with Gasteiger partial charge in [-0.3, -0.25) is 10.1 Å². The van der Waals surface area contributed by atoms with Crippen molar-refractivity contribution >= 4 is 11.8 Å². The fourth-order valence-corrected chi connectivity index (χ4v) is 2.92. The molecule has 6 heteroatoms. The number of pyridine rings is 1. The fraction of sp³-hybridized carbons (Fsp3) is 0.611. The predicted molar refractivity (Wildman–Crippen MR) is 90.2 cm³/mol. The number of aromatic nitrogens is 1. The van der Waals surface area contributed by atoms with Crippen molar-refractivity contribution in [2.45, 2.75) is 58.3 Å². The van der Waals surface area contributed by atoms with Gasteiger partial charge in [0.2, 0.25) is 0 Å². The highest BCUT2D eigenvalue weighted by molar-refractivity contribution is 5.75. The van der Waals surface area contributed by atoms with E-state index in [0.29, 0.717) is 11.6 Å². The topological polar surface area (TPSA) is 78.2 Å². The number of hydrogen-bond acceptors (Lipinski definition) is 6. The summed E-state index contributed by atoms with van der Waals surface area (Å²) in [6.45, 7) is 6.34. The number of anilines is 1. The van der Waals surface area contributed by atoms with E-state index < -0.39 is 5.41 Å². The minimum Gasteiger partial charge on any atom is -0.446 e. The van der Waals surface area contributed by atoms with Crippen molar-refractivity contribution in [3.8, 4) is 6.07 Å². The Kier molecular flexibility index (Phi) is 4.46. The molecule has 0 amide bonds. The van der Waals surface area contributed by atoms with E-state index in [1.54, 1.807) is 12.3 Å². The van der Waals surface area contributed by atoms with E-state index in [4.69, 9.17) is 10.00 Å². The monoisotopic (exact) mass is 328 g/mol. The molecule has 24 heavy (non-hydrogen) atoms. The molecule has 0 radical (unpaired) electrons. The third-order valence-corrected chi connectivity index (χ3v) is 4.40. The average Bonchev–Trinajstić information content (AvgIpc) is 3.27. The Labute approximate surface area is 142 Å². The molecule has 0 spiro atoms. The molecule has 1 aromatic rings. The lowest BCUT2D eigenvalue weighted by Gasteiger charge is -2.29. The third-order valence-electron chi connectivity index (χ3n) is 4.40. The van der Waals surface area contributed by atoms with E-state index in [9.17, 15) is 4.79 Å². The van der Waals surface area contributed by atoms with Crippen LogP contribution in [-0.2, 0) is 9.53 Å². The van der Waals surface area contributed by atoms with E-state index in [0.717, 1.165) is 31.6 Å². The van der Waals surface area contributed by atoms with E-state index >= 15 is 0 Å². The second kappa shape index (κ2) is 6.40. The molecule has 1 aromatic heterocycles. The maximum atomic E-state index is 12.1. The quantitative estimate of drug-likeness (QED) is 0.854. The Hall–Kier alpha value is -2.13. The lowest BCUT2D eigenvalue weighted by Crippen LogP contribution is -2.39. The first-order valence-corrected chi connectivity index (χ1v) is 8.47.